The summed E-state index contributed by atoms with van der Waals surface area (Å²) in [7, 11) is 0. The molecule has 1 heterocycles. The van der Waals surface area contributed by atoms with Gasteiger partial charge >= 0.3 is 0 Å². The van der Waals surface area contributed by atoms with E-state index in [-0.39, 0.29) is 12.5 Å². The van der Waals surface area contributed by atoms with Gasteiger partial charge in [-0.1, -0.05) is 225 Å². The molecule has 0 radical (unpaired) electrons. The van der Waals surface area contributed by atoms with Crippen LogP contribution >= 0.6 is 0 Å². The Morgan fingerprint density at radius 1 is 0.569 bits per heavy atom. The lowest BCUT2D eigenvalue weighted by Gasteiger charge is -2.40. The summed E-state index contributed by atoms with van der Waals surface area (Å²) in [5, 5.41) is 54.3. The summed E-state index contributed by atoms with van der Waals surface area (Å²) in [5.41, 5.74) is 0. The number of aliphatic hydroxyl groups excluding tert-OH is 5. The summed E-state index contributed by atoms with van der Waals surface area (Å²) >= 11 is 0. The number of hydrogen-bond donors (Lipinski definition) is 6. The maximum atomic E-state index is 13.0. The molecule has 1 rings (SSSR count). The van der Waals surface area contributed by atoms with E-state index in [0.29, 0.717) is 6.42 Å². The average Bonchev–Trinajstić information content (AvgIpc) is 3.22. The fourth-order valence-electron chi connectivity index (χ4n) is 8.10. The molecule has 0 saturated carbocycles. The number of aliphatic hydroxyl groups is 5. The topological polar surface area (TPSA) is 149 Å². The number of rotatable bonds is 42. The lowest BCUT2D eigenvalue weighted by molar-refractivity contribution is -0.302. The van der Waals surface area contributed by atoms with Crippen LogP contribution in [-0.4, -0.2) is 87.5 Å². The van der Waals surface area contributed by atoms with Gasteiger partial charge in [-0.25, -0.2) is 0 Å². The van der Waals surface area contributed by atoms with Crippen molar-refractivity contribution >= 4 is 5.91 Å². The number of amides is 1. The summed E-state index contributed by atoms with van der Waals surface area (Å²) < 4.78 is 11.2. The number of hydrogen-bond acceptors (Lipinski definition) is 8. The largest absolute Gasteiger partial charge is 0.394 e. The molecule has 1 amide bonds. The van der Waals surface area contributed by atoms with Gasteiger partial charge < -0.3 is 40.3 Å². The number of nitrogens with one attached hydrogen (secondary N) is 1. The number of unbranched alkanes of at least 4 members (excludes halogenated alkanes) is 32. The van der Waals surface area contributed by atoms with Crippen LogP contribution in [0.15, 0.2) is 12.2 Å². The van der Waals surface area contributed by atoms with E-state index in [0.717, 1.165) is 38.5 Å². The summed E-state index contributed by atoms with van der Waals surface area (Å²) in [6.45, 7) is 3.80. The predicted molar refractivity (Wildman–Crippen MR) is 240 cm³/mol. The smallest absolute Gasteiger partial charge is 0.220 e. The van der Waals surface area contributed by atoms with E-state index in [1.54, 1.807) is 6.08 Å². The van der Waals surface area contributed by atoms with E-state index in [9.17, 15) is 30.3 Å². The molecule has 9 nitrogen and oxygen atoms in total. The molecule has 7 unspecified atom stereocenters. The zero-order valence-electron chi connectivity index (χ0n) is 37.8. The first-order valence-electron chi connectivity index (χ1n) is 24.9. The standard InChI is InChI=1S/C49H95NO8/c1-3-5-7-9-11-13-15-17-19-20-21-22-23-25-26-28-30-32-34-36-38-43(52)42(41-57-49-48(56)47(55)46(54)44(40-51)58-49)50-45(53)39-37-35-33-31-29-27-24-18-16-14-12-10-8-6-4-2/h36,38,42-44,46-49,51-52,54-56H,3-35,37,39-41H2,1-2H3,(H,50,53)/b38-36+. The van der Waals surface area contributed by atoms with E-state index in [1.807, 2.05) is 6.08 Å². The third kappa shape index (κ3) is 30.0. The minimum atomic E-state index is -1.56. The SMILES string of the molecule is CCCCCCCCCCCCCCCCCCCC/C=C/C(O)C(COC1OC(CO)C(O)C(O)C1O)NC(=O)CCCCCCCCCCCCCCCCC. The van der Waals surface area contributed by atoms with Gasteiger partial charge in [0.15, 0.2) is 6.29 Å². The molecule has 0 aromatic carbocycles. The maximum Gasteiger partial charge on any atom is 0.220 e. The summed E-state index contributed by atoms with van der Waals surface area (Å²) in [4.78, 5) is 13.0. The Kier molecular flexibility index (Phi) is 37.9. The van der Waals surface area contributed by atoms with Crippen LogP contribution in [0.3, 0.4) is 0 Å². The average molecular weight is 826 g/mol. The van der Waals surface area contributed by atoms with Gasteiger partial charge in [0.1, 0.15) is 24.4 Å². The number of allylic oxidation sites excluding steroid dienone is 1. The van der Waals surface area contributed by atoms with E-state index in [1.165, 1.54) is 180 Å². The summed E-state index contributed by atoms with van der Waals surface area (Å²) in [6, 6.07) is -0.798. The molecule has 58 heavy (non-hydrogen) atoms. The lowest BCUT2D eigenvalue weighted by atomic mass is 9.99. The minimum absolute atomic E-state index is 0.173. The van der Waals surface area contributed by atoms with Gasteiger partial charge in [0, 0.05) is 6.42 Å². The van der Waals surface area contributed by atoms with Crippen LogP contribution in [0.5, 0.6) is 0 Å². The first-order chi connectivity index (χ1) is 28.3. The molecule has 0 aromatic rings. The van der Waals surface area contributed by atoms with Crippen LogP contribution < -0.4 is 5.32 Å². The molecular formula is C49H95NO8. The second kappa shape index (κ2) is 40.0. The molecule has 1 fully saturated rings. The third-order valence-corrected chi connectivity index (χ3v) is 12.1. The molecule has 1 saturated heterocycles. The van der Waals surface area contributed by atoms with Crippen molar-refractivity contribution in [3.63, 3.8) is 0 Å². The first-order valence-corrected chi connectivity index (χ1v) is 24.9. The molecule has 0 aliphatic carbocycles. The Morgan fingerprint density at radius 2 is 0.948 bits per heavy atom. The van der Waals surface area contributed by atoms with Gasteiger partial charge in [0.2, 0.25) is 5.91 Å². The summed E-state index contributed by atoms with van der Waals surface area (Å²) in [6.07, 6.45) is 39.7. The lowest BCUT2D eigenvalue weighted by Crippen LogP contribution is -2.60. The third-order valence-electron chi connectivity index (χ3n) is 12.1. The fourth-order valence-corrected chi connectivity index (χ4v) is 8.10. The first kappa shape index (κ1) is 54.9. The quantitative estimate of drug-likeness (QED) is 0.0263. The Labute approximate surface area is 356 Å². The van der Waals surface area contributed by atoms with Crippen molar-refractivity contribution in [1.29, 1.82) is 0 Å². The van der Waals surface area contributed by atoms with E-state index >= 15 is 0 Å². The van der Waals surface area contributed by atoms with Crippen molar-refractivity contribution in [3.8, 4) is 0 Å². The maximum absolute atomic E-state index is 13.0. The summed E-state index contributed by atoms with van der Waals surface area (Å²) in [5.74, 6) is -0.173. The molecule has 0 spiro atoms. The van der Waals surface area contributed by atoms with Crippen molar-refractivity contribution in [1.82, 2.24) is 5.32 Å². The van der Waals surface area contributed by atoms with Gasteiger partial charge in [-0.05, 0) is 19.3 Å². The van der Waals surface area contributed by atoms with Crippen LogP contribution in [0, 0.1) is 0 Å². The van der Waals surface area contributed by atoms with Gasteiger partial charge in [-0.2, -0.15) is 0 Å². The van der Waals surface area contributed by atoms with Gasteiger partial charge in [0.25, 0.3) is 0 Å². The van der Waals surface area contributed by atoms with Crippen LogP contribution in [0.25, 0.3) is 0 Å². The molecule has 7 atom stereocenters. The van der Waals surface area contributed by atoms with Crippen molar-refractivity contribution < 1.29 is 39.8 Å². The highest BCUT2D eigenvalue weighted by atomic mass is 16.7. The predicted octanol–water partition coefficient (Wildman–Crippen LogP) is 10.9. The molecule has 0 bridgehead atoms. The fraction of sp³-hybridized carbons (Fsp3) is 0.939. The van der Waals surface area contributed by atoms with Gasteiger partial charge in [0.05, 0.1) is 25.4 Å². The number of ether oxygens (including phenoxy) is 2. The minimum Gasteiger partial charge on any atom is -0.394 e. The van der Waals surface area contributed by atoms with E-state index < -0.39 is 49.5 Å². The van der Waals surface area contributed by atoms with Crippen molar-refractivity contribution in [3.05, 3.63) is 12.2 Å². The van der Waals surface area contributed by atoms with Crippen LogP contribution in [-0.2, 0) is 14.3 Å². The van der Waals surface area contributed by atoms with E-state index in [2.05, 4.69) is 19.2 Å². The van der Waals surface area contributed by atoms with Crippen LogP contribution in [0.2, 0.25) is 0 Å². The number of carbonyl (C=O) groups excluding carboxylic acids is 1. The Balaban J connectivity index is 2.30. The molecule has 0 aromatic heterocycles. The molecule has 344 valence electrons. The van der Waals surface area contributed by atoms with Crippen LogP contribution in [0.4, 0.5) is 0 Å². The van der Waals surface area contributed by atoms with Gasteiger partial charge in [-0.3, -0.25) is 4.79 Å². The number of carbonyl (C=O) groups is 1. The zero-order chi connectivity index (χ0) is 42.3. The van der Waals surface area contributed by atoms with Crippen molar-refractivity contribution in [2.24, 2.45) is 0 Å². The van der Waals surface area contributed by atoms with Crippen molar-refractivity contribution in [2.75, 3.05) is 13.2 Å². The Morgan fingerprint density at radius 3 is 1.34 bits per heavy atom. The molecule has 1 aliphatic rings. The van der Waals surface area contributed by atoms with E-state index in [4.69, 9.17) is 9.47 Å². The second-order valence-corrected chi connectivity index (χ2v) is 17.6. The monoisotopic (exact) mass is 826 g/mol. The normalized spacial score (nSPS) is 20.8. The highest BCUT2D eigenvalue weighted by molar-refractivity contribution is 5.76. The van der Waals surface area contributed by atoms with Crippen molar-refractivity contribution in [2.45, 2.75) is 281 Å². The molecular weight excluding hydrogens is 731 g/mol. The molecule has 9 heteroatoms. The zero-order valence-corrected chi connectivity index (χ0v) is 37.8. The molecule has 6 N–H and O–H groups in total. The molecule has 1 aliphatic heterocycles. The highest BCUT2D eigenvalue weighted by Gasteiger charge is 2.44. The second-order valence-electron chi connectivity index (χ2n) is 17.6. The van der Waals surface area contributed by atoms with Crippen LogP contribution in [0.1, 0.15) is 239 Å². The van der Waals surface area contributed by atoms with Gasteiger partial charge in [-0.15, -0.1) is 0 Å². The Hall–Kier alpha value is -1.07. The highest BCUT2D eigenvalue weighted by Crippen LogP contribution is 2.23. The Bertz CT molecular complexity index is 919.